The Morgan fingerprint density at radius 3 is 2.61 bits per heavy atom. The molecule has 5 nitrogen and oxygen atoms in total. The molecule has 0 radical (unpaired) electrons. The lowest BCUT2D eigenvalue weighted by Gasteiger charge is -2.06. The zero-order valence-electron chi connectivity index (χ0n) is 13.4. The lowest BCUT2D eigenvalue weighted by Crippen LogP contribution is -1.98. The minimum absolute atomic E-state index is 0.361. The molecule has 0 fully saturated rings. The third-order valence-electron chi connectivity index (χ3n) is 3.30. The highest BCUT2D eigenvalue weighted by atomic mass is 32.1. The van der Waals surface area contributed by atoms with E-state index in [4.69, 9.17) is 9.72 Å². The molecular formula is C17H18N4OS. The number of hydrogen-bond donors (Lipinski definition) is 0. The van der Waals surface area contributed by atoms with Gasteiger partial charge in [-0.25, -0.2) is 15.0 Å². The summed E-state index contributed by atoms with van der Waals surface area (Å²) in [5.74, 6) is 0.404. The molecule has 118 valence electrons. The molecular weight excluding hydrogens is 308 g/mol. The first kappa shape index (κ1) is 15.6. The van der Waals surface area contributed by atoms with Gasteiger partial charge in [-0.1, -0.05) is 19.9 Å². The molecule has 23 heavy (non-hydrogen) atoms. The zero-order chi connectivity index (χ0) is 16.2. The lowest BCUT2D eigenvalue weighted by atomic mass is 10.1. The number of aromatic nitrogens is 4. The second-order valence-electron chi connectivity index (χ2n) is 5.44. The van der Waals surface area contributed by atoms with Gasteiger partial charge < -0.3 is 4.74 Å². The molecule has 0 aliphatic rings. The number of aryl methyl sites for hydroxylation is 1. The molecule has 6 heteroatoms. The van der Waals surface area contributed by atoms with Gasteiger partial charge in [0.2, 0.25) is 0 Å². The minimum atomic E-state index is 0.361. The van der Waals surface area contributed by atoms with E-state index in [0.29, 0.717) is 18.5 Å². The van der Waals surface area contributed by atoms with E-state index in [2.05, 4.69) is 34.9 Å². The van der Waals surface area contributed by atoms with Crippen molar-refractivity contribution in [3.8, 4) is 16.6 Å². The predicted molar refractivity (Wildman–Crippen MR) is 90.5 cm³/mol. The number of nitrogens with zero attached hydrogens (tertiary/aromatic N) is 4. The van der Waals surface area contributed by atoms with Crippen molar-refractivity contribution < 1.29 is 4.74 Å². The maximum atomic E-state index is 5.56. The van der Waals surface area contributed by atoms with Crippen molar-refractivity contribution in [2.75, 3.05) is 0 Å². The molecule has 0 amide bonds. The second kappa shape index (κ2) is 6.83. The Labute approximate surface area is 139 Å². The first-order chi connectivity index (χ1) is 11.1. The average Bonchev–Trinajstić information content (AvgIpc) is 2.95. The Morgan fingerprint density at radius 2 is 1.87 bits per heavy atom. The second-order valence-corrected chi connectivity index (χ2v) is 6.53. The van der Waals surface area contributed by atoms with Crippen LogP contribution < -0.4 is 4.74 Å². The molecule has 0 saturated carbocycles. The van der Waals surface area contributed by atoms with E-state index < -0.39 is 0 Å². The van der Waals surface area contributed by atoms with Gasteiger partial charge in [0.25, 0.3) is 0 Å². The first-order valence-electron chi connectivity index (χ1n) is 7.47. The Hall–Kier alpha value is -2.34. The Kier molecular flexibility index (Phi) is 4.62. The third kappa shape index (κ3) is 3.71. The smallest absolute Gasteiger partial charge is 0.316 e. The maximum Gasteiger partial charge on any atom is 0.316 e. The van der Waals surface area contributed by atoms with Gasteiger partial charge in [-0.05, 0) is 31.0 Å². The molecule has 3 aromatic heterocycles. The maximum absolute atomic E-state index is 5.56. The summed E-state index contributed by atoms with van der Waals surface area (Å²) in [5, 5.41) is 0.890. The number of hydrogen-bond acceptors (Lipinski definition) is 6. The highest BCUT2D eigenvalue weighted by Gasteiger charge is 2.13. The van der Waals surface area contributed by atoms with E-state index in [9.17, 15) is 0 Å². The molecule has 3 heterocycles. The fraction of sp³-hybridized carbons (Fsp3) is 0.294. The molecule has 3 rings (SSSR count). The lowest BCUT2D eigenvalue weighted by molar-refractivity contribution is 0.280. The summed E-state index contributed by atoms with van der Waals surface area (Å²) in [4.78, 5) is 18.5. The van der Waals surface area contributed by atoms with Gasteiger partial charge in [-0.3, -0.25) is 4.98 Å². The van der Waals surface area contributed by atoms with E-state index in [1.54, 1.807) is 29.8 Å². The predicted octanol–water partition coefficient (Wildman–Crippen LogP) is 4.01. The number of rotatable bonds is 5. The summed E-state index contributed by atoms with van der Waals surface area (Å²) in [6.45, 7) is 6.65. The van der Waals surface area contributed by atoms with Crippen LogP contribution in [0.3, 0.4) is 0 Å². The van der Waals surface area contributed by atoms with E-state index in [-0.39, 0.29) is 0 Å². The summed E-state index contributed by atoms with van der Waals surface area (Å²) in [6.07, 6.45) is 3.31. The van der Waals surface area contributed by atoms with Crippen LogP contribution in [0.1, 0.15) is 36.2 Å². The van der Waals surface area contributed by atoms with Crippen LogP contribution in [-0.4, -0.2) is 19.9 Å². The van der Waals surface area contributed by atoms with Crippen molar-refractivity contribution >= 4 is 11.3 Å². The Bertz CT molecular complexity index is 786. The molecule has 0 spiro atoms. The first-order valence-corrected chi connectivity index (χ1v) is 8.28. The molecule has 0 N–H and O–H groups in total. The van der Waals surface area contributed by atoms with Crippen LogP contribution in [0.15, 0.2) is 36.7 Å². The van der Waals surface area contributed by atoms with Crippen LogP contribution in [0, 0.1) is 6.92 Å². The fourth-order valence-corrected chi connectivity index (χ4v) is 3.09. The summed E-state index contributed by atoms with van der Waals surface area (Å²) in [6, 6.07) is 8.25. The number of thiazole rings is 1. The van der Waals surface area contributed by atoms with Crippen molar-refractivity contribution in [2.24, 2.45) is 0 Å². The third-order valence-corrected chi connectivity index (χ3v) is 4.46. The van der Waals surface area contributed by atoms with Gasteiger partial charge in [-0.15, -0.1) is 11.3 Å². The Morgan fingerprint density at radius 1 is 1.09 bits per heavy atom. The number of ether oxygens (including phenoxy) is 1. The molecule has 0 atom stereocenters. The van der Waals surface area contributed by atoms with Crippen molar-refractivity contribution in [1.82, 2.24) is 19.9 Å². The average molecular weight is 326 g/mol. The van der Waals surface area contributed by atoms with Gasteiger partial charge in [0.1, 0.15) is 11.6 Å². The molecule has 0 aliphatic heterocycles. The summed E-state index contributed by atoms with van der Waals surface area (Å²) in [7, 11) is 0. The Balaban J connectivity index is 1.79. The van der Waals surface area contributed by atoms with Crippen molar-refractivity contribution in [1.29, 1.82) is 0 Å². The van der Waals surface area contributed by atoms with Crippen LogP contribution >= 0.6 is 11.3 Å². The van der Waals surface area contributed by atoms with Gasteiger partial charge in [0.05, 0.1) is 16.3 Å². The summed E-state index contributed by atoms with van der Waals surface area (Å²) in [5.41, 5.74) is 3.02. The molecule has 3 aromatic rings. The van der Waals surface area contributed by atoms with E-state index in [1.807, 2.05) is 19.1 Å². The minimum Gasteiger partial charge on any atom is -0.456 e. The fourth-order valence-electron chi connectivity index (χ4n) is 2.14. The quantitative estimate of drug-likeness (QED) is 0.709. The zero-order valence-corrected chi connectivity index (χ0v) is 14.2. The molecule has 0 unspecified atom stereocenters. The van der Waals surface area contributed by atoms with Gasteiger partial charge >= 0.3 is 6.01 Å². The van der Waals surface area contributed by atoms with Crippen LogP contribution in [-0.2, 0) is 6.61 Å². The van der Waals surface area contributed by atoms with Gasteiger partial charge in [0, 0.05) is 18.1 Å². The molecule has 0 bridgehead atoms. The topological polar surface area (TPSA) is 60.8 Å². The van der Waals surface area contributed by atoms with Crippen molar-refractivity contribution in [3.63, 3.8) is 0 Å². The van der Waals surface area contributed by atoms with E-state index in [0.717, 1.165) is 27.0 Å². The van der Waals surface area contributed by atoms with Crippen LogP contribution in [0.2, 0.25) is 0 Å². The van der Waals surface area contributed by atoms with Gasteiger partial charge in [0.15, 0.2) is 0 Å². The summed E-state index contributed by atoms with van der Waals surface area (Å²) >= 11 is 1.60. The highest BCUT2D eigenvalue weighted by molar-refractivity contribution is 7.15. The van der Waals surface area contributed by atoms with Gasteiger partial charge in [-0.2, -0.15) is 0 Å². The standard InChI is InChI=1S/C17H18N4OS/c1-11(2)13-6-4-7-14(21-13)16-12(3)20-15(23-16)10-22-17-18-8-5-9-19-17/h4-9,11H,10H2,1-3H3. The SMILES string of the molecule is Cc1nc(COc2ncccn2)sc1-c1cccc(C(C)C)n1. The van der Waals surface area contributed by atoms with Crippen LogP contribution in [0.25, 0.3) is 10.6 Å². The van der Waals surface area contributed by atoms with E-state index in [1.165, 1.54) is 0 Å². The molecule has 0 aromatic carbocycles. The van der Waals surface area contributed by atoms with Crippen LogP contribution in [0.4, 0.5) is 0 Å². The van der Waals surface area contributed by atoms with Crippen molar-refractivity contribution in [2.45, 2.75) is 33.3 Å². The van der Waals surface area contributed by atoms with E-state index >= 15 is 0 Å². The molecule has 0 saturated heterocycles. The summed E-state index contributed by atoms with van der Waals surface area (Å²) < 4.78 is 5.56. The monoisotopic (exact) mass is 326 g/mol. The van der Waals surface area contributed by atoms with Crippen LogP contribution in [0.5, 0.6) is 6.01 Å². The highest BCUT2D eigenvalue weighted by Crippen LogP contribution is 2.30. The molecule has 0 aliphatic carbocycles. The number of pyridine rings is 1. The normalized spacial score (nSPS) is 11.0. The largest absolute Gasteiger partial charge is 0.456 e. The van der Waals surface area contributed by atoms with Crippen molar-refractivity contribution in [3.05, 3.63) is 53.1 Å².